The highest BCUT2D eigenvalue weighted by Gasteiger charge is 2.22. The number of carboxylic acids is 2. The van der Waals surface area contributed by atoms with Crippen LogP contribution in [0.5, 0.6) is 11.5 Å². The Balaban J connectivity index is 0.000000609. The summed E-state index contributed by atoms with van der Waals surface area (Å²) in [5, 5.41) is 33.4. The Morgan fingerprint density at radius 1 is 0.680 bits per heavy atom. The number of carbonyl (C=O) groups is 2. The number of benzene rings is 2. The van der Waals surface area contributed by atoms with Gasteiger partial charge in [-0.15, -0.1) is 0 Å². The Bertz CT molecular complexity index is 605. The number of phenolic OH excluding ortho intramolecular Hbond substituents is 2. The quantitative estimate of drug-likeness (QED) is 0.659. The van der Waals surface area contributed by atoms with E-state index in [9.17, 15) is 10.2 Å². The number of phenols is 2. The maximum absolute atomic E-state index is 9.30. The molecule has 0 amide bonds. The van der Waals surface area contributed by atoms with Crippen LogP contribution in [0.1, 0.15) is 38.8 Å². The van der Waals surface area contributed by atoms with Crippen molar-refractivity contribution in [1.29, 1.82) is 0 Å². The molecule has 0 fully saturated rings. The summed E-state index contributed by atoms with van der Waals surface area (Å²) in [5.74, 6) is -1.12. The molecule has 0 aliphatic rings. The number of carboxylic acid groups (broad SMARTS) is 2. The van der Waals surface area contributed by atoms with Crippen molar-refractivity contribution in [2.45, 2.75) is 33.1 Å². The summed E-state index contributed by atoms with van der Waals surface area (Å²) in [6, 6.07) is 14.4. The van der Waals surface area contributed by atoms with Crippen molar-refractivity contribution in [1.82, 2.24) is 0 Å². The predicted molar refractivity (Wildman–Crippen MR) is 95.0 cm³/mol. The van der Waals surface area contributed by atoms with Gasteiger partial charge >= 0.3 is 0 Å². The summed E-state index contributed by atoms with van der Waals surface area (Å²) in [5.41, 5.74) is 2.10. The highest BCUT2D eigenvalue weighted by Crippen LogP contribution is 2.32. The molecule has 0 aromatic heterocycles. The first kappa shape index (κ1) is 22.0. The van der Waals surface area contributed by atoms with E-state index in [-0.39, 0.29) is 16.9 Å². The van der Waals surface area contributed by atoms with E-state index >= 15 is 0 Å². The third-order valence-electron chi connectivity index (χ3n) is 3.18. The van der Waals surface area contributed by atoms with E-state index in [0.717, 1.165) is 25.0 Å². The number of hydrogen-bond acceptors (Lipinski definition) is 4. The number of aromatic hydroxyl groups is 2. The van der Waals surface area contributed by atoms with Crippen molar-refractivity contribution in [2.24, 2.45) is 0 Å². The minimum Gasteiger partial charge on any atom is -0.508 e. The van der Waals surface area contributed by atoms with E-state index < -0.39 is 11.9 Å². The van der Waals surface area contributed by atoms with Gasteiger partial charge in [-0.2, -0.15) is 0 Å². The van der Waals surface area contributed by atoms with Crippen molar-refractivity contribution in [3.8, 4) is 11.5 Å². The normalized spacial score (nSPS) is 9.76. The van der Waals surface area contributed by atoms with Crippen LogP contribution in [0.2, 0.25) is 0 Å². The molecule has 0 aliphatic carbocycles. The second-order valence-electron chi connectivity index (χ2n) is 5.76. The molecule has 2 rings (SSSR count). The lowest BCUT2D eigenvalue weighted by Crippen LogP contribution is -2.18. The van der Waals surface area contributed by atoms with Crippen LogP contribution in [0.15, 0.2) is 48.5 Å². The van der Waals surface area contributed by atoms with E-state index in [1.807, 2.05) is 24.3 Å². The molecule has 2 aromatic rings. The number of aliphatic carboxylic acids is 2. The lowest BCUT2D eigenvalue weighted by atomic mass is 9.78. The van der Waals surface area contributed by atoms with Crippen LogP contribution in [0.4, 0.5) is 0 Å². The van der Waals surface area contributed by atoms with E-state index in [1.54, 1.807) is 24.3 Å². The Hall–Kier alpha value is -3.02. The summed E-state index contributed by atoms with van der Waals surface area (Å²) >= 11 is 0. The monoisotopic (exact) mass is 348 g/mol. The van der Waals surface area contributed by atoms with Crippen LogP contribution in [-0.2, 0) is 15.0 Å². The molecular formula is C19H24O6. The highest BCUT2D eigenvalue weighted by molar-refractivity contribution is 5.63. The molecule has 4 N–H and O–H groups in total. The van der Waals surface area contributed by atoms with Crippen LogP contribution >= 0.6 is 0 Å². The second kappa shape index (κ2) is 9.97. The topological polar surface area (TPSA) is 115 Å². The number of hydrogen-bond donors (Lipinski definition) is 4. The van der Waals surface area contributed by atoms with Gasteiger partial charge < -0.3 is 20.4 Å². The molecule has 0 bridgehead atoms. The fourth-order valence-corrected chi connectivity index (χ4v) is 1.92. The minimum atomic E-state index is -0.833. The van der Waals surface area contributed by atoms with Crippen molar-refractivity contribution >= 4 is 11.9 Å². The zero-order chi connectivity index (χ0) is 19.6. The maximum atomic E-state index is 9.30. The molecule has 25 heavy (non-hydrogen) atoms. The smallest absolute Gasteiger partial charge is 0.300 e. The molecule has 2 aromatic carbocycles. The van der Waals surface area contributed by atoms with Crippen LogP contribution in [0.3, 0.4) is 0 Å². The van der Waals surface area contributed by atoms with Gasteiger partial charge in [0.25, 0.3) is 11.9 Å². The lowest BCUT2D eigenvalue weighted by molar-refractivity contribution is -0.135. The van der Waals surface area contributed by atoms with Crippen molar-refractivity contribution in [3.05, 3.63) is 59.7 Å². The first-order valence-electron chi connectivity index (χ1n) is 7.45. The van der Waals surface area contributed by atoms with Gasteiger partial charge in [0.05, 0.1) is 0 Å². The zero-order valence-corrected chi connectivity index (χ0v) is 14.7. The summed E-state index contributed by atoms with van der Waals surface area (Å²) in [6.07, 6.45) is 0. The molecule has 136 valence electrons. The van der Waals surface area contributed by atoms with Gasteiger partial charge in [-0.05, 0) is 35.4 Å². The van der Waals surface area contributed by atoms with Crippen LogP contribution < -0.4 is 0 Å². The number of rotatable bonds is 2. The Morgan fingerprint density at radius 2 is 0.880 bits per heavy atom. The molecule has 0 spiro atoms. The fourth-order valence-electron chi connectivity index (χ4n) is 1.92. The van der Waals surface area contributed by atoms with Crippen molar-refractivity contribution < 1.29 is 30.0 Å². The molecule has 0 atom stereocenters. The molecule has 0 radical (unpaired) electrons. The maximum Gasteiger partial charge on any atom is 0.300 e. The van der Waals surface area contributed by atoms with Crippen molar-refractivity contribution in [2.75, 3.05) is 0 Å². The summed E-state index contributed by atoms with van der Waals surface area (Å²) < 4.78 is 0. The molecule has 0 saturated carbocycles. The third kappa shape index (κ3) is 9.00. The first-order chi connectivity index (χ1) is 11.5. The minimum absolute atomic E-state index is 0.151. The molecule has 0 heterocycles. The molecule has 6 nitrogen and oxygen atoms in total. The molecule has 6 heteroatoms. The van der Waals surface area contributed by atoms with E-state index in [1.165, 1.54) is 0 Å². The molecule has 0 aliphatic heterocycles. The fraction of sp³-hybridized carbons (Fsp3) is 0.263. The first-order valence-corrected chi connectivity index (χ1v) is 7.45. The molecule has 0 unspecified atom stereocenters. The summed E-state index contributed by atoms with van der Waals surface area (Å²) in [4.78, 5) is 18.0. The molecule has 0 saturated heterocycles. The van der Waals surface area contributed by atoms with Crippen molar-refractivity contribution in [3.63, 3.8) is 0 Å². The van der Waals surface area contributed by atoms with Crippen LogP contribution in [0.25, 0.3) is 0 Å². The second-order valence-corrected chi connectivity index (χ2v) is 5.76. The van der Waals surface area contributed by atoms with Crippen LogP contribution in [-0.4, -0.2) is 32.4 Å². The summed E-state index contributed by atoms with van der Waals surface area (Å²) in [7, 11) is 0. The SMILES string of the molecule is CC(=O)O.CC(=O)O.CC(C)(c1ccc(O)cc1)c1ccc(O)cc1. The average molecular weight is 348 g/mol. The average Bonchev–Trinajstić information content (AvgIpc) is 2.47. The van der Waals surface area contributed by atoms with Gasteiger partial charge in [-0.1, -0.05) is 38.1 Å². The zero-order valence-electron chi connectivity index (χ0n) is 14.7. The predicted octanol–water partition coefficient (Wildman–Crippen LogP) is 3.61. The third-order valence-corrected chi connectivity index (χ3v) is 3.18. The molecular weight excluding hydrogens is 324 g/mol. The van der Waals surface area contributed by atoms with Gasteiger partial charge in [0, 0.05) is 19.3 Å². The largest absolute Gasteiger partial charge is 0.508 e. The van der Waals surface area contributed by atoms with Gasteiger partial charge in [0.15, 0.2) is 0 Å². The van der Waals surface area contributed by atoms with Gasteiger partial charge in [0.1, 0.15) is 11.5 Å². The standard InChI is InChI=1S/C15H16O2.2C2H4O2/c1-15(2,11-3-7-13(16)8-4-11)12-5-9-14(17)10-6-12;2*1-2(3)4/h3-10,16-17H,1-2H3;2*1H3,(H,3,4). The van der Waals surface area contributed by atoms with Gasteiger partial charge in [-0.25, -0.2) is 0 Å². The Kier molecular flexibility index (Phi) is 8.77. The van der Waals surface area contributed by atoms with Gasteiger partial charge in [-0.3, -0.25) is 9.59 Å². The lowest BCUT2D eigenvalue weighted by Gasteiger charge is -2.26. The summed E-state index contributed by atoms with van der Waals surface area (Å²) in [6.45, 7) is 6.40. The van der Waals surface area contributed by atoms with E-state index in [0.29, 0.717) is 0 Å². The Morgan fingerprint density at radius 3 is 1.08 bits per heavy atom. The van der Waals surface area contributed by atoms with E-state index in [4.69, 9.17) is 19.8 Å². The Labute approximate surface area is 147 Å². The highest BCUT2D eigenvalue weighted by atomic mass is 16.4. The van der Waals surface area contributed by atoms with Gasteiger partial charge in [0.2, 0.25) is 0 Å². The van der Waals surface area contributed by atoms with Crippen LogP contribution in [0, 0.1) is 0 Å². The van der Waals surface area contributed by atoms with E-state index in [2.05, 4.69) is 13.8 Å².